The van der Waals surface area contributed by atoms with Crippen molar-refractivity contribution < 1.29 is 0 Å². The highest BCUT2D eigenvalue weighted by atomic mass is 32.1. The first kappa shape index (κ1) is 12.9. The van der Waals surface area contributed by atoms with E-state index in [2.05, 4.69) is 30.7 Å². The first-order chi connectivity index (χ1) is 7.56. The molecule has 3 nitrogen and oxygen atoms in total. The van der Waals surface area contributed by atoms with Crippen LogP contribution in [0.4, 0.5) is 5.69 Å². The molecule has 0 heterocycles. The van der Waals surface area contributed by atoms with Crippen molar-refractivity contribution in [3.05, 3.63) is 29.8 Å². The molecular weight excluding hydrogens is 218 g/mol. The van der Waals surface area contributed by atoms with Gasteiger partial charge in [-0.25, -0.2) is 5.43 Å². The molecule has 0 spiro atoms. The molecule has 2 N–H and O–H groups in total. The fourth-order valence-corrected chi connectivity index (χ4v) is 1.62. The van der Waals surface area contributed by atoms with E-state index in [0.29, 0.717) is 11.0 Å². The number of hydrazine groups is 1. The Morgan fingerprint density at radius 2 is 1.94 bits per heavy atom. The molecule has 0 aliphatic carbocycles. The molecule has 1 aromatic carbocycles. The van der Waals surface area contributed by atoms with Crippen LogP contribution in [0.3, 0.4) is 0 Å². The average molecular weight is 237 g/mol. The van der Waals surface area contributed by atoms with Crippen LogP contribution in [0.25, 0.3) is 0 Å². The fraction of sp³-hybridized carbons (Fsp3) is 0.417. The predicted molar refractivity (Wildman–Crippen MR) is 73.6 cm³/mol. The Balaban J connectivity index is 2.84. The van der Waals surface area contributed by atoms with Gasteiger partial charge in [0.2, 0.25) is 0 Å². The van der Waals surface area contributed by atoms with Crippen molar-refractivity contribution >= 4 is 23.0 Å². The molecule has 4 heteroatoms. The van der Waals surface area contributed by atoms with E-state index in [1.807, 2.05) is 32.3 Å². The van der Waals surface area contributed by atoms with Crippen LogP contribution in [-0.4, -0.2) is 24.2 Å². The highest BCUT2D eigenvalue weighted by Crippen LogP contribution is 2.23. The van der Waals surface area contributed by atoms with Gasteiger partial charge in [-0.2, -0.15) is 0 Å². The van der Waals surface area contributed by atoms with Crippen molar-refractivity contribution in [3.8, 4) is 0 Å². The summed E-state index contributed by atoms with van der Waals surface area (Å²) < 4.78 is 0. The molecule has 0 aromatic heterocycles. The quantitative estimate of drug-likeness (QED) is 0.624. The molecule has 0 amide bonds. The Hall–Kier alpha value is -1.13. The summed E-state index contributed by atoms with van der Waals surface area (Å²) in [5, 5.41) is 5.67. The largest absolute Gasteiger partial charge is 0.331 e. The molecule has 88 valence electrons. The molecule has 0 atom stereocenters. The number of nitrogens with one attached hydrogen (secondary N) is 2. The number of benzene rings is 1. The van der Waals surface area contributed by atoms with Crippen LogP contribution >= 0.6 is 12.2 Å². The highest BCUT2D eigenvalue weighted by Gasteiger charge is 2.08. The second-order valence-electron chi connectivity index (χ2n) is 3.95. The van der Waals surface area contributed by atoms with Crippen molar-refractivity contribution in [2.75, 3.05) is 19.4 Å². The van der Waals surface area contributed by atoms with Gasteiger partial charge in [-0.05, 0) is 29.8 Å². The topological polar surface area (TPSA) is 27.3 Å². The van der Waals surface area contributed by atoms with Crippen LogP contribution < -0.4 is 10.7 Å². The normalized spacial score (nSPS) is 10.3. The van der Waals surface area contributed by atoms with Gasteiger partial charge in [-0.3, -0.25) is 5.01 Å². The number of hydrogen-bond donors (Lipinski definition) is 2. The van der Waals surface area contributed by atoms with Crippen LogP contribution in [0, 0.1) is 0 Å². The van der Waals surface area contributed by atoms with Gasteiger partial charge >= 0.3 is 0 Å². The lowest BCUT2D eigenvalue weighted by molar-refractivity contribution is 0.415. The van der Waals surface area contributed by atoms with Crippen molar-refractivity contribution in [1.29, 1.82) is 0 Å². The molecule has 0 aliphatic heterocycles. The SMILES string of the molecule is CNN(C)C(=S)Nc1ccccc1C(C)C. The standard InChI is InChI=1S/C12H19N3S/c1-9(2)10-7-5-6-8-11(10)14-12(16)15(4)13-3/h5-9,13H,1-4H3,(H,14,16). The zero-order valence-electron chi connectivity index (χ0n) is 10.2. The maximum Gasteiger partial charge on any atom is 0.187 e. The van der Waals surface area contributed by atoms with E-state index in [-0.39, 0.29) is 0 Å². The first-order valence-electron chi connectivity index (χ1n) is 5.37. The summed E-state index contributed by atoms with van der Waals surface area (Å²) in [4.78, 5) is 0. The van der Waals surface area contributed by atoms with E-state index in [1.165, 1.54) is 5.56 Å². The third-order valence-corrected chi connectivity index (χ3v) is 2.84. The summed E-state index contributed by atoms with van der Waals surface area (Å²) in [6, 6.07) is 8.22. The minimum absolute atomic E-state index is 0.478. The third kappa shape index (κ3) is 3.18. The molecule has 0 saturated carbocycles. The molecule has 0 radical (unpaired) electrons. The lowest BCUT2D eigenvalue weighted by atomic mass is 10.0. The zero-order valence-corrected chi connectivity index (χ0v) is 11.1. The van der Waals surface area contributed by atoms with Crippen LogP contribution in [0.5, 0.6) is 0 Å². The van der Waals surface area contributed by atoms with Gasteiger partial charge in [-0.15, -0.1) is 0 Å². The summed E-state index contributed by atoms with van der Waals surface area (Å²) in [5.41, 5.74) is 5.31. The number of hydrogen-bond acceptors (Lipinski definition) is 2. The maximum absolute atomic E-state index is 5.26. The van der Waals surface area contributed by atoms with Crippen molar-refractivity contribution in [2.24, 2.45) is 0 Å². The molecule has 0 unspecified atom stereocenters. The minimum Gasteiger partial charge on any atom is -0.331 e. The van der Waals surface area contributed by atoms with Gasteiger partial charge < -0.3 is 5.32 Å². The van der Waals surface area contributed by atoms with E-state index in [1.54, 1.807) is 5.01 Å². The van der Waals surface area contributed by atoms with E-state index in [4.69, 9.17) is 12.2 Å². The first-order valence-corrected chi connectivity index (χ1v) is 5.78. The maximum atomic E-state index is 5.26. The second kappa shape index (κ2) is 5.82. The van der Waals surface area contributed by atoms with Gasteiger partial charge in [-0.1, -0.05) is 32.0 Å². The number of para-hydroxylation sites is 1. The van der Waals surface area contributed by atoms with Crippen LogP contribution in [-0.2, 0) is 0 Å². The van der Waals surface area contributed by atoms with Gasteiger partial charge in [0.05, 0.1) is 0 Å². The third-order valence-electron chi connectivity index (χ3n) is 2.46. The van der Waals surface area contributed by atoms with Crippen molar-refractivity contribution in [1.82, 2.24) is 10.4 Å². The Morgan fingerprint density at radius 1 is 1.31 bits per heavy atom. The van der Waals surface area contributed by atoms with Gasteiger partial charge in [0.1, 0.15) is 0 Å². The number of nitrogens with zero attached hydrogens (tertiary/aromatic N) is 1. The number of thiocarbonyl (C=S) groups is 1. The molecule has 0 fully saturated rings. The van der Waals surface area contributed by atoms with Gasteiger partial charge in [0.15, 0.2) is 5.11 Å². The zero-order chi connectivity index (χ0) is 12.1. The van der Waals surface area contributed by atoms with Crippen LogP contribution in [0.1, 0.15) is 25.3 Å². The summed E-state index contributed by atoms with van der Waals surface area (Å²) >= 11 is 5.26. The summed E-state index contributed by atoms with van der Waals surface area (Å²) in [7, 11) is 3.72. The Bertz CT molecular complexity index is 363. The smallest absolute Gasteiger partial charge is 0.187 e. The summed E-state index contributed by atoms with van der Waals surface area (Å²) in [6.07, 6.45) is 0. The van der Waals surface area contributed by atoms with E-state index < -0.39 is 0 Å². The van der Waals surface area contributed by atoms with Gasteiger partial charge in [0.25, 0.3) is 0 Å². The summed E-state index contributed by atoms with van der Waals surface area (Å²) in [5.74, 6) is 0.478. The predicted octanol–water partition coefficient (Wildman–Crippen LogP) is 2.57. The van der Waals surface area contributed by atoms with Crippen molar-refractivity contribution in [2.45, 2.75) is 19.8 Å². The molecule has 0 aliphatic rings. The molecule has 16 heavy (non-hydrogen) atoms. The lowest BCUT2D eigenvalue weighted by Gasteiger charge is -2.21. The number of rotatable bonds is 3. The van der Waals surface area contributed by atoms with E-state index >= 15 is 0 Å². The fourth-order valence-electron chi connectivity index (χ4n) is 1.41. The molecule has 1 rings (SSSR count). The second-order valence-corrected chi connectivity index (χ2v) is 4.34. The van der Waals surface area contributed by atoms with Crippen LogP contribution in [0.15, 0.2) is 24.3 Å². The monoisotopic (exact) mass is 237 g/mol. The lowest BCUT2D eigenvalue weighted by Crippen LogP contribution is -2.39. The van der Waals surface area contributed by atoms with Gasteiger partial charge in [0, 0.05) is 19.8 Å². The van der Waals surface area contributed by atoms with Crippen LogP contribution in [0.2, 0.25) is 0 Å². The van der Waals surface area contributed by atoms with E-state index in [0.717, 1.165) is 5.69 Å². The molecule has 0 bridgehead atoms. The molecular formula is C12H19N3S. The van der Waals surface area contributed by atoms with Crippen molar-refractivity contribution in [3.63, 3.8) is 0 Å². The number of anilines is 1. The van der Waals surface area contributed by atoms with E-state index in [9.17, 15) is 0 Å². The Morgan fingerprint density at radius 3 is 2.50 bits per heavy atom. The molecule has 1 aromatic rings. The minimum atomic E-state index is 0.478. The highest BCUT2D eigenvalue weighted by molar-refractivity contribution is 7.80. The average Bonchev–Trinajstić information content (AvgIpc) is 2.28. The Labute approximate surface area is 103 Å². The Kier molecular flexibility index (Phi) is 4.71. The summed E-state index contributed by atoms with van der Waals surface area (Å²) in [6.45, 7) is 4.34. The molecule has 0 saturated heterocycles.